The molecule has 1 aliphatic rings. The Morgan fingerprint density at radius 3 is 1.20 bits per heavy atom. The summed E-state index contributed by atoms with van der Waals surface area (Å²) in [6.07, 6.45) is 49.9. The smallest absolute Gasteiger partial charge is 0.220 e. The lowest BCUT2D eigenvalue weighted by atomic mass is 9.99. The standard InChI is InChI=1S/C56H109NO8/c1-3-5-7-9-11-13-15-17-19-20-21-22-23-24-25-26-27-28-29-30-32-33-35-37-39-41-43-45-50(59)49(48-64-56-55(63)54(62)53(61)51(47-58)65-56)57-52(60)46-44-42-40-38-36-34-31-18-16-14-12-10-8-6-4-2/h43,45,49-51,53-56,58-59,61-63H,3-42,44,46-48H2,1-2H3,(H,57,60)/b45-43+. The molecule has 6 N–H and O–H groups in total. The highest BCUT2D eigenvalue weighted by molar-refractivity contribution is 5.76. The van der Waals surface area contributed by atoms with Crippen LogP contribution in [0.5, 0.6) is 0 Å². The first-order valence-corrected chi connectivity index (χ1v) is 28.4. The van der Waals surface area contributed by atoms with Crippen molar-refractivity contribution in [2.45, 2.75) is 326 Å². The number of ether oxygens (including phenoxy) is 2. The Morgan fingerprint density at radius 2 is 0.846 bits per heavy atom. The minimum absolute atomic E-state index is 0.172. The first-order chi connectivity index (χ1) is 31.8. The van der Waals surface area contributed by atoms with Crippen LogP contribution in [0.4, 0.5) is 0 Å². The van der Waals surface area contributed by atoms with Crippen molar-refractivity contribution in [2.75, 3.05) is 13.2 Å². The van der Waals surface area contributed by atoms with Gasteiger partial charge in [-0.3, -0.25) is 4.79 Å². The van der Waals surface area contributed by atoms with Crippen LogP contribution in [0.3, 0.4) is 0 Å². The molecule has 1 amide bonds. The highest BCUT2D eigenvalue weighted by Crippen LogP contribution is 2.23. The lowest BCUT2D eigenvalue weighted by Gasteiger charge is -2.40. The summed E-state index contributed by atoms with van der Waals surface area (Å²) < 4.78 is 11.3. The summed E-state index contributed by atoms with van der Waals surface area (Å²) in [7, 11) is 0. The van der Waals surface area contributed by atoms with Gasteiger partial charge in [0.2, 0.25) is 5.91 Å². The van der Waals surface area contributed by atoms with Crippen LogP contribution in [0, 0.1) is 0 Å². The number of unbranched alkanes of at least 4 members (excludes halogenated alkanes) is 39. The van der Waals surface area contributed by atoms with Crippen LogP contribution < -0.4 is 5.32 Å². The van der Waals surface area contributed by atoms with Crippen LogP contribution in [-0.2, 0) is 14.3 Å². The molecule has 1 heterocycles. The summed E-state index contributed by atoms with van der Waals surface area (Å²) in [6, 6.07) is -0.800. The first kappa shape index (κ1) is 61.9. The van der Waals surface area contributed by atoms with Crippen LogP contribution in [0.2, 0.25) is 0 Å². The van der Waals surface area contributed by atoms with Gasteiger partial charge in [0.25, 0.3) is 0 Å². The molecule has 1 rings (SSSR count). The molecule has 0 aromatic rings. The molecule has 0 radical (unpaired) electrons. The zero-order valence-electron chi connectivity index (χ0n) is 42.8. The van der Waals surface area contributed by atoms with Gasteiger partial charge in [0.05, 0.1) is 25.4 Å². The predicted octanol–water partition coefficient (Wildman–Crippen LogP) is 13.6. The number of amides is 1. The number of carbonyl (C=O) groups excluding carboxylic acids is 1. The number of nitrogens with one attached hydrogen (secondary N) is 1. The molecular weight excluding hydrogens is 815 g/mol. The lowest BCUT2D eigenvalue weighted by molar-refractivity contribution is -0.302. The molecule has 0 saturated carbocycles. The van der Waals surface area contributed by atoms with E-state index >= 15 is 0 Å². The minimum atomic E-state index is -1.56. The fraction of sp³-hybridized carbons (Fsp3) is 0.946. The van der Waals surface area contributed by atoms with Crippen LogP contribution in [0.15, 0.2) is 12.2 Å². The number of carbonyl (C=O) groups is 1. The second-order valence-electron chi connectivity index (χ2n) is 20.1. The Hall–Kier alpha value is -1.07. The Balaban J connectivity index is 2.20. The third-order valence-corrected chi connectivity index (χ3v) is 13.9. The maximum Gasteiger partial charge on any atom is 0.220 e. The Bertz CT molecular complexity index is 1030. The quantitative estimate of drug-likeness (QED) is 0.0261. The molecule has 1 fully saturated rings. The van der Waals surface area contributed by atoms with Crippen LogP contribution >= 0.6 is 0 Å². The first-order valence-electron chi connectivity index (χ1n) is 28.4. The molecule has 9 nitrogen and oxygen atoms in total. The molecule has 9 heteroatoms. The largest absolute Gasteiger partial charge is 0.394 e. The van der Waals surface area contributed by atoms with E-state index in [1.165, 1.54) is 225 Å². The summed E-state index contributed by atoms with van der Waals surface area (Å²) in [5.41, 5.74) is 0. The van der Waals surface area contributed by atoms with E-state index in [1.807, 2.05) is 6.08 Å². The number of aliphatic hydroxyl groups is 5. The second kappa shape index (κ2) is 46.6. The van der Waals surface area contributed by atoms with E-state index in [2.05, 4.69) is 19.2 Å². The van der Waals surface area contributed by atoms with Crippen molar-refractivity contribution >= 4 is 5.91 Å². The molecule has 0 spiro atoms. The van der Waals surface area contributed by atoms with Crippen molar-refractivity contribution < 1.29 is 39.8 Å². The molecule has 0 bridgehead atoms. The van der Waals surface area contributed by atoms with Crippen LogP contribution in [-0.4, -0.2) is 87.5 Å². The summed E-state index contributed by atoms with van der Waals surface area (Å²) in [5.74, 6) is -0.172. The summed E-state index contributed by atoms with van der Waals surface area (Å²) in [6.45, 7) is 3.81. The average Bonchev–Trinajstić information content (AvgIpc) is 3.31. The number of hydrogen-bond acceptors (Lipinski definition) is 8. The molecule has 0 aliphatic carbocycles. The molecule has 1 aliphatic heterocycles. The Morgan fingerprint density at radius 1 is 0.508 bits per heavy atom. The third-order valence-electron chi connectivity index (χ3n) is 13.9. The lowest BCUT2D eigenvalue weighted by Crippen LogP contribution is -2.60. The van der Waals surface area contributed by atoms with Crippen molar-refractivity contribution in [1.82, 2.24) is 5.32 Å². The van der Waals surface area contributed by atoms with Crippen LogP contribution in [0.25, 0.3) is 0 Å². The van der Waals surface area contributed by atoms with E-state index in [0.717, 1.165) is 38.5 Å². The van der Waals surface area contributed by atoms with Crippen molar-refractivity contribution in [3.8, 4) is 0 Å². The van der Waals surface area contributed by atoms with Gasteiger partial charge in [-0.2, -0.15) is 0 Å². The van der Waals surface area contributed by atoms with Gasteiger partial charge < -0.3 is 40.3 Å². The number of allylic oxidation sites excluding steroid dienone is 1. The van der Waals surface area contributed by atoms with E-state index in [1.54, 1.807) is 6.08 Å². The fourth-order valence-electron chi connectivity index (χ4n) is 9.34. The zero-order valence-corrected chi connectivity index (χ0v) is 42.8. The maximum absolute atomic E-state index is 13.0. The number of aliphatic hydroxyl groups excluding tert-OH is 5. The molecule has 65 heavy (non-hydrogen) atoms. The van der Waals surface area contributed by atoms with E-state index in [-0.39, 0.29) is 12.5 Å². The third kappa shape index (κ3) is 36.6. The Kier molecular flexibility index (Phi) is 44.5. The summed E-state index contributed by atoms with van der Waals surface area (Å²) in [5, 5.41) is 54.4. The molecule has 0 aromatic heterocycles. The monoisotopic (exact) mass is 924 g/mol. The van der Waals surface area contributed by atoms with Gasteiger partial charge in [-0.25, -0.2) is 0 Å². The fourth-order valence-corrected chi connectivity index (χ4v) is 9.34. The van der Waals surface area contributed by atoms with E-state index < -0.39 is 49.5 Å². The molecule has 7 atom stereocenters. The van der Waals surface area contributed by atoms with Gasteiger partial charge in [0.15, 0.2) is 6.29 Å². The maximum atomic E-state index is 13.0. The van der Waals surface area contributed by atoms with Gasteiger partial charge in [-0.05, 0) is 19.3 Å². The summed E-state index contributed by atoms with van der Waals surface area (Å²) >= 11 is 0. The van der Waals surface area contributed by atoms with Crippen molar-refractivity contribution in [3.05, 3.63) is 12.2 Å². The number of rotatable bonds is 49. The highest BCUT2D eigenvalue weighted by atomic mass is 16.7. The Labute approximate surface area is 401 Å². The van der Waals surface area contributed by atoms with E-state index in [9.17, 15) is 30.3 Å². The predicted molar refractivity (Wildman–Crippen MR) is 272 cm³/mol. The van der Waals surface area contributed by atoms with Gasteiger partial charge in [-0.15, -0.1) is 0 Å². The van der Waals surface area contributed by atoms with Crippen molar-refractivity contribution in [1.29, 1.82) is 0 Å². The van der Waals surface area contributed by atoms with E-state index in [0.29, 0.717) is 6.42 Å². The molecule has 386 valence electrons. The SMILES string of the molecule is CCCCCCCCCCCCCCCCCCCCCCCCCCC/C=C/C(O)C(COC1OC(CO)C(O)C(O)C1O)NC(=O)CCCCCCCCCCCCCCCCC. The molecular formula is C56H109NO8. The van der Waals surface area contributed by atoms with Gasteiger partial charge >= 0.3 is 0 Å². The molecule has 0 aromatic carbocycles. The van der Waals surface area contributed by atoms with Gasteiger partial charge in [0, 0.05) is 6.42 Å². The molecule has 1 saturated heterocycles. The van der Waals surface area contributed by atoms with Crippen molar-refractivity contribution in [2.24, 2.45) is 0 Å². The topological polar surface area (TPSA) is 149 Å². The number of hydrogen-bond donors (Lipinski definition) is 6. The van der Waals surface area contributed by atoms with Crippen molar-refractivity contribution in [3.63, 3.8) is 0 Å². The normalized spacial score (nSPS) is 19.9. The zero-order chi connectivity index (χ0) is 47.3. The average molecular weight is 924 g/mol. The van der Waals surface area contributed by atoms with Gasteiger partial charge in [-0.1, -0.05) is 270 Å². The van der Waals surface area contributed by atoms with Crippen LogP contribution in [0.1, 0.15) is 284 Å². The second-order valence-corrected chi connectivity index (χ2v) is 20.1. The molecule has 7 unspecified atom stereocenters. The minimum Gasteiger partial charge on any atom is -0.394 e. The van der Waals surface area contributed by atoms with E-state index in [4.69, 9.17) is 9.47 Å². The highest BCUT2D eigenvalue weighted by Gasteiger charge is 2.44. The van der Waals surface area contributed by atoms with Gasteiger partial charge in [0.1, 0.15) is 24.4 Å². The summed E-state index contributed by atoms with van der Waals surface area (Å²) in [4.78, 5) is 13.0.